The van der Waals surface area contributed by atoms with Crippen LogP contribution in [0.4, 0.5) is 35.0 Å². The summed E-state index contributed by atoms with van der Waals surface area (Å²) in [4.78, 5) is 17.4. The van der Waals surface area contributed by atoms with Crippen molar-refractivity contribution in [3.8, 4) is 0 Å². The Kier molecular flexibility index (Phi) is 4.63. The molecule has 0 aliphatic carbocycles. The maximum absolute atomic E-state index is 13.5. The topological polar surface area (TPSA) is 87.1 Å². The number of carboxylic acids is 1. The number of anilines is 3. The zero-order valence-electron chi connectivity index (χ0n) is 11.4. The van der Waals surface area contributed by atoms with E-state index >= 15 is 0 Å². The third-order valence-corrected chi connectivity index (χ3v) is 2.55. The van der Waals surface area contributed by atoms with Crippen LogP contribution in [-0.2, 0) is 11.0 Å². The van der Waals surface area contributed by atoms with Crippen LogP contribution in [-0.4, -0.2) is 27.6 Å². The average Bonchev–Trinajstić information content (AvgIpc) is 2.46. The number of hydrogen-bond acceptors (Lipinski definition) is 5. The standard InChI is InChI=1S/C13H10F4N4O2/c14-7-3-1-2-4-8(7)19-10-5-9(13(15,16)17)20-12(21-10)18-6-11(22)23/h1-5H,6H2,(H,22,23)(H2,18,19,20,21). The molecule has 122 valence electrons. The molecule has 10 heteroatoms. The highest BCUT2D eigenvalue weighted by molar-refractivity contribution is 5.72. The van der Waals surface area contributed by atoms with Crippen molar-refractivity contribution in [2.24, 2.45) is 0 Å². The van der Waals surface area contributed by atoms with Gasteiger partial charge in [-0.15, -0.1) is 0 Å². The van der Waals surface area contributed by atoms with Gasteiger partial charge in [0.05, 0.1) is 5.69 Å². The lowest BCUT2D eigenvalue weighted by atomic mass is 10.3. The molecule has 0 saturated heterocycles. The number of aromatic nitrogens is 2. The Morgan fingerprint density at radius 2 is 1.91 bits per heavy atom. The van der Waals surface area contributed by atoms with E-state index in [1.165, 1.54) is 18.2 Å². The summed E-state index contributed by atoms with van der Waals surface area (Å²) in [7, 11) is 0. The summed E-state index contributed by atoms with van der Waals surface area (Å²) < 4.78 is 52.0. The number of nitrogens with zero attached hydrogens (tertiary/aromatic N) is 2. The molecule has 0 aliphatic rings. The molecule has 1 heterocycles. The van der Waals surface area contributed by atoms with Crippen LogP contribution in [0.25, 0.3) is 0 Å². The Labute approximate surface area is 127 Å². The van der Waals surface area contributed by atoms with Gasteiger partial charge in [-0.1, -0.05) is 12.1 Å². The maximum atomic E-state index is 13.5. The van der Waals surface area contributed by atoms with Crippen molar-refractivity contribution in [1.82, 2.24) is 9.97 Å². The number of nitrogens with one attached hydrogen (secondary N) is 2. The number of hydrogen-bond donors (Lipinski definition) is 3. The van der Waals surface area contributed by atoms with Gasteiger partial charge in [-0.05, 0) is 12.1 Å². The van der Waals surface area contributed by atoms with Crippen molar-refractivity contribution >= 4 is 23.4 Å². The maximum Gasteiger partial charge on any atom is 0.433 e. The quantitative estimate of drug-likeness (QED) is 0.731. The minimum absolute atomic E-state index is 0.0801. The molecule has 1 aromatic carbocycles. The van der Waals surface area contributed by atoms with Gasteiger partial charge in [-0.2, -0.15) is 18.2 Å². The first-order chi connectivity index (χ1) is 10.8. The third-order valence-electron chi connectivity index (χ3n) is 2.55. The molecule has 0 saturated carbocycles. The zero-order chi connectivity index (χ0) is 17.0. The summed E-state index contributed by atoms with van der Waals surface area (Å²) in [5.41, 5.74) is -1.37. The lowest BCUT2D eigenvalue weighted by molar-refractivity contribution is -0.141. The lowest BCUT2D eigenvalue weighted by Gasteiger charge is -2.12. The van der Waals surface area contributed by atoms with E-state index in [1.54, 1.807) is 0 Å². The van der Waals surface area contributed by atoms with Crippen LogP contribution in [0.3, 0.4) is 0 Å². The van der Waals surface area contributed by atoms with E-state index in [9.17, 15) is 22.4 Å². The Morgan fingerprint density at radius 1 is 1.22 bits per heavy atom. The summed E-state index contributed by atoms with van der Waals surface area (Å²) in [5.74, 6) is -2.85. The Bertz CT molecular complexity index is 721. The molecule has 0 spiro atoms. The molecule has 2 aromatic rings. The van der Waals surface area contributed by atoms with Crippen LogP contribution in [0.15, 0.2) is 30.3 Å². The number of benzene rings is 1. The molecule has 0 atom stereocenters. The van der Waals surface area contributed by atoms with Crippen molar-refractivity contribution in [1.29, 1.82) is 0 Å². The summed E-state index contributed by atoms with van der Waals surface area (Å²) in [6, 6.07) is 5.94. The predicted molar refractivity (Wildman–Crippen MR) is 72.8 cm³/mol. The molecule has 0 fully saturated rings. The highest BCUT2D eigenvalue weighted by Crippen LogP contribution is 2.30. The minimum Gasteiger partial charge on any atom is -0.480 e. The Hall–Kier alpha value is -2.91. The smallest absolute Gasteiger partial charge is 0.433 e. The van der Waals surface area contributed by atoms with Gasteiger partial charge in [0.2, 0.25) is 5.95 Å². The molecular weight excluding hydrogens is 320 g/mol. The molecule has 0 amide bonds. The van der Waals surface area contributed by atoms with Crippen LogP contribution in [0.5, 0.6) is 0 Å². The summed E-state index contributed by atoms with van der Waals surface area (Å²) in [6.07, 6.45) is -4.77. The SMILES string of the molecule is O=C(O)CNc1nc(Nc2ccccc2F)cc(C(F)(F)F)n1. The molecule has 0 unspecified atom stereocenters. The van der Waals surface area contributed by atoms with Crippen LogP contribution in [0.2, 0.25) is 0 Å². The van der Waals surface area contributed by atoms with Gasteiger partial charge in [0, 0.05) is 6.07 Å². The fourth-order valence-corrected chi connectivity index (χ4v) is 1.59. The summed E-state index contributed by atoms with van der Waals surface area (Å²) in [6.45, 7) is -0.666. The normalized spacial score (nSPS) is 11.1. The first-order valence-electron chi connectivity index (χ1n) is 6.19. The van der Waals surface area contributed by atoms with Gasteiger partial charge in [-0.3, -0.25) is 4.79 Å². The second-order valence-corrected chi connectivity index (χ2v) is 4.31. The second-order valence-electron chi connectivity index (χ2n) is 4.31. The van der Waals surface area contributed by atoms with E-state index < -0.39 is 36.1 Å². The second kappa shape index (κ2) is 6.46. The van der Waals surface area contributed by atoms with Crippen molar-refractivity contribution in [2.45, 2.75) is 6.18 Å². The van der Waals surface area contributed by atoms with Gasteiger partial charge in [0.25, 0.3) is 0 Å². The van der Waals surface area contributed by atoms with E-state index in [0.717, 1.165) is 6.07 Å². The molecule has 0 radical (unpaired) electrons. The van der Waals surface area contributed by atoms with E-state index in [4.69, 9.17) is 5.11 Å². The molecule has 23 heavy (non-hydrogen) atoms. The fraction of sp³-hybridized carbons (Fsp3) is 0.154. The van der Waals surface area contributed by atoms with Gasteiger partial charge in [-0.25, -0.2) is 9.37 Å². The molecule has 0 aliphatic heterocycles. The lowest BCUT2D eigenvalue weighted by Crippen LogP contribution is -2.17. The van der Waals surface area contributed by atoms with Gasteiger partial charge >= 0.3 is 12.1 Å². The molecule has 1 aromatic heterocycles. The molecule has 2 rings (SSSR count). The number of aliphatic carboxylic acids is 1. The molecule has 6 nitrogen and oxygen atoms in total. The van der Waals surface area contributed by atoms with Crippen molar-refractivity contribution in [3.63, 3.8) is 0 Å². The average molecular weight is 330 g/mol. The minimum atomic E-state index is -4.77. The van der Waals surface area contributed by atoms with Crippen molar-refractivity contribution in [2.75, 3.05) is 17.2 Å². The first-order valence-corrected chi connectivity index (χ1v) is 6.19. The summed E-state index contributed by atoms with van der Waals surface area (Å²) >= 11 is 0. The van der Waals surface area contributed by atoms with Crippen molar-refractivity contribution in [3.05, 3.63) is 41.8 Å². The van der Waals surface area contributed by atoms with Gasteiger partial charge < -0.3 is 15.7 Å². The van der Waals surface area contributed by atoms with Crippen LogP contribution in [0, 0.1) is 5.82 Å². The Balaban J connectivity index is 2.35. The number of rotatable bonds is 5. The number of alkyl halides is 3. The van der Waals surface area contributed by atoms with Gasteiger partial charge in [0.15, 0.2) is 5.69 Å². The molecular formula is C13H10F4N4O2. The largest absolute Gasteiger partial charge is 0.480 e. The number of halogens is 4. The van der Waals surface area contributed by atoms with Crippen molar-refractivity contribution < 1.29 is 27.5 Å². The van der Waals surface area contributed by atoms with Crippen LogP contribution >= 0.6 is 0 Å². The Morgan fingerprint density at radius 3 is 2.52 bits per heavy atom. The highest BCUT2D eigenvalue weighted by Gasteiger charge is 2.33. The van der Waals surface area contributed by atoms with E-state index in [0.29, 0.717) is 6.07 Å². The summed E-state index contributed by atoms with van der Waals surface area (Å²) in [5, 5.41) is 13.1. The molecule has 3 N–H and O–H groups in total. The van der Waals surface area contributed by atoms with Crippen LogP contribution in [0.1, 0.15) is 5.69 Å². The van der Waals surface area contributed by atoms with Gasteiger partial charge in [0.1, 0.15) is 18.2 Å². The number of carboxylic acid groups (broad SMARTS) is 1. The fourth-order valence-electron chi connectivity index (χ4n) is 1.59. The van der Waals surface area contributed by atoms with E-state index in [2.05, 4.69) is 20.6 Å². The van der Waals surface area contributed by atoms with E-state index in [-0.39, 0.29) is 11.5 Å². The number of carbonyl (C=O) groups is 1. The highest BCUT2D eigenvalue weighted by atomic mass is 19.4. The third kappa shape index (κ3) is 4.53. The predicted octanol–water partition coefficient (Wildman–Crippen LogP) is 2.87. The first kappa shape index (κ1) is 16.5. The zero-order valence-corrected chi connectivity index (χ0v) is 11.4. The number of para-hydroxylation sites is 1. The van der Waals surface area contributed by atoms with Crippen LogP contribution < -0.4 is 10.6 Å². The molecule has 0 bridgehead atoms. The van der Waals surface area contributed by atoms with E-state index in [1.807, 2.05) is 0 Å². The monoisotopic (exact) mass is 330 g/mol.